The van der Waals surface area contributed by atoms with Gasteiger partial charge in [0.1, 0.15) is 23.3 Å². The molecule has 1 fully saturated rings. The summed E-state index contributed by atoms with van der Waals surface area (Å²) in [6.07, 6.45) is 3.13. The minimum absolute atomic E-state index is 0.0950. The zero-order chi connectivity index (χ0) is 21.5. The monoisotopic (exact) mass is 424 g/mol. The molecule has 0 saturated carbocycles. The largest absolute Gasteiger partial charge is 0.383 e. The highest BCUT2D eigenvalue weighted by Crippen LogP contribution is 2.35. The molecule has 0 aliphatic carbocycles. The highest BCUT2D eigenvalue weighted by atomic mass is 19.1. The number of halogens is 3. The standard InChI is InChI=1S/C22H19F3N6/c23-13-5-4-6-15(11-13)31-20(26)18-19(16-8-7-14(24)12-17(16)25)27-22(28-21(18)29-31)30-9-2-1-3-10-30/h4-8,11-12H,1-3,9-10,26H2. The lowest BCUT2D eigenvalue weighted by atomic mass is 10.1. The number of anilines is 2. The Morgan fingerprint density at radius 2 is 1.65 bits per heavy atom. The molecule has 1 aliphatic rings. The Kier molecular flexibility index (Phi) is 4.72. The Labute approximate surface area is 176 Å². The molecule has 2 aromatic carbocycles. The Morgan fingerprint density at radius 1 is 0.871 bits per heavy atom. The first-order chi connectivity index (χ1) is 15.0. The van der Waals surface area contributed by atoms with E-state index in [0.29, 0.717) is 17.0 Å². The van der Waals surface area contributed by atoms with Gasteiger partial charge in [0.05, 0.1) is 16.8 Å². The Balaban J connectivity index is 1.77. The number of nitrogen functional groups attached to an aromatic ring is 1. The van der Waals surface area contributed by atoms with E-state index in [9.17, 15) is 13.2 Å². The number of aromatic nitrogens is 4. The van der Waals surface area contributed by atoms with Gasteiger partial charge in [-0.3, -0.25) is 0 Å². The lowest BCUT2D eigenvalue weighted by Crippen LogP contribution is -2.31. The molecule has 1 aliphatic heterocycles. The highest BCUT2D eigenvalue weighted by molar-refractivity contribution is 5.99. The number of benzene rings is 2. The second-order valence-corrected chi connectivity index (χ2v) is 7.52. The van der Waals surface area contributed by atoms with Crippen LogP contribution in [0.2, 0.25) is 0 Å². The maximum absolute atomic E-state index is 14.7. The van der Waals surface area contributed by atoms with Crippen molar-refractivity contribution in [2.24, 2.45) is 0 Å². The SMILES string of the molecule is Nc1c2c(-c3ccc(F)cc3F)nc(N3CCCCC3)nc2nn1-c1cccc(F)c1. The number of fused-ring (bicyclic) bond motifs is 1. The minimum atomic E-state index is -0.762. The lowest BCUT2D eigenvalue weighted by Gasteiger charge is -2.26. The molecular weight excluding hydrogens is 405 g/mol. The summed E-state index contributed by atoms with van der Waals surface area (Å²) in [5.74, 6) is -1.34. The Hall–Kier alpha value is -3.62. The van der Waals surface area contributed by atoms with Crippen LogP contribution in [0.1, 0.15) is 19.3 Å². The average Bonchev–Trinajstić information content (AvgIpc) is 3.10. The van der Waals surface area contributed by atoms with E-state index in [-0.39, 0.29) is 22.7 Å². The maximum atomic E-state index is 14.7. The van der Waals surface area contributed by atoms with Gasteiger partial charge in [-0.1, -0.05) is 6.07 Å². The first-order valence-corrected chi connectivity index (χ1v) is 10.0. The van der Waals surface area contributed by atoms with Gasteiger partial charge in [0.2, 0.25) is 5.95 Å². The van der Waals surface area contributed by atoms with E-state index in [1.54, 1.807) is 12.1 Å². The van der Waals surface area contributed by atoms with Gasteiger partial charge in [0.25, 0.3) is 0 Å². The summed E-state index contributed by atoms with van der Waals surface area (Å²) in [5.41, 5.74) is 7.34. The first kappa shape index (κ1) is 19.3. The molecule has 4 aromatic rings. The van der Waals surface area contributed by atoms with Crippen molar-refractivity contribution < 1.29 is 13.2 Å². The van der Waals surface area contributed by atoms with Crippen LogP contribution in [-0.2, 0) is 0 Å². The van der Waals surface area contributed by atoms with Crippen LogP contribution in [0.4, 0.5) is 24.9 Å². The highest BCUT2D eigenvalue weighted by Gasteiger charge is 2.24. The molecule has 0 amide bonds. The van der Waals surface area contributed by atoms with Crippen LogP contribution in [0, 0.1) is 17.5 Å². The van der Waals surface area contributed by atoms with E-state index in [0.717, 1.165) is 38.4 Å². The molecular formula is C22H19F3N6. The summed E-state index contributed by atoms with van der Waals surface area (Å²) >= 11 is 0. The van der Waals surface area contributed by atoms with E-state index in [1.165, 1.54) is 28.9 Å². The van der Waals surface area contributed by atoms with E-state index < -0.39 is 17.5 Å². The molecule has 5 rings (SSSR count). The van der Waals surface area contributed by atoms with Gasteiger partial charge in [-0.2, -0.15) is 4.98 Å². The van der Waals surface area contributed by atoms with Gasteiger partial charge < -0.3 is 10.6 Å². The van der Waals surface area contributed by atoms with Crippen LogP contribution in [0.5, 0.6) is 0 Å². The molecule has 0 atom stereocenters. The second-order valence-electron chi connectivity index (χ2n) is 7.52. The first-order valence-electron chi connectivity index (χ1n) is 10.0. The van der Waals surface area contributed by atoms with Crippen LogP contribution in [0.3, 0.4) is 0 Å². The summed E-state index contributed by atoms with van der Waals surface area (Å²) in [4.78, 5) is 11.2. The maximum Gasteiger partial charge on any atom is 0.228 e. The molecule has 2 aromatic heterocycles. The molecule has 1 saturated heterocycles. The average molecular weight is 424 g/mol. The van der Waals surface area contributed by atoms with Gasteiger partial charge in [-0.05, 0) is 49.6 Å². The molecule has 9 heteroatoms. The van der Waals surface area contributed by atoms with E-state index in [4.69, 9.17) is 5.73 Å². The molecule has 2 N–H and O–H groups in total. The van der Waals surface area contributed by atoms with Gasteiger partial charge in [0, 0.05) is 24.7 Å². The van der Waals surface area contributed by atoms with Gasteiger partial charge >= 0.3 is 0 Å². The van der Waals surface area contributed by atoms with Crippen LogP contribution < -0.4 is 10.6 Å². The van der Waals surface area contributed by atoms with Crippen molar-refractivity contribution in [3.05, 3.63) is 59.9 Å². The van der Waals surface area contributed by atoms with E-state index >= 15 is 0 Å². The van der Waals surface area contributed by atoms with Crippen LogP contribution in [0.15, 0.2) is 42.5 Å². The van der Waals surface area contributed by atoms with Gasteiger partial charge in [-0.25, -0.2) is 22.8 Å². The molecule has 3 heterocycles. The topological polar surface area (TPSA) is 72.9 Å². The van der Waals surface area contributed by atoms with Crippen molar-refractivity contribution in [1.29, 1.82) is 0 Å². The fraction of sp³-hybridized carbons (Fsp3) is 0.227. The molecule has 0 radical (unpaired) electrons. The number of hydrogen-bond acceptors (Lipinski definition) is 5. The number of rotatable bonds is 3. The molecule has 0 unspecified atom stereocenters. The molecule has 31 heavy (non-hydrogen) atoms. The zero-order valence-electron chi connectivity index (χ0n) is 16.5. The van der Waals surface area contributed by atoms with Gasteiger partial charge in [-0.15, -0.1) is 5.10 Å². The quantitative estimate of drug-likeness (QED) is 0.525. The molecule has 0 bridgehead atoms. The molecule has 158 valence electrons. The van der Waals surface area contributed by atoms with Crippen molar-refractivity contribution in [3.8, 4) is 16.9 Å². The van der Waals surface area contributed by atoms with Crippen molar-refractivity contribution in [3.63, 3.8) is 0 Å². The fourth-order valence-electron chi connectivity index (χ4n) is 3.92. The third-order valence-corrected chi connectivity index (χ3v) is 5.44. The van der Waals surface area contributed by atoms with E-state index in [2.05, 4.69) is 15.1 Å². The normalized spacial score (nSPS) is 14.4. The van der Waals surface area contributed by atoms with Crippen molar-refractivity contribution in [2.45, 2.75) is 19.3 Å². The van der Waals surface area contributed by atoms with Crippen molar-refractivity contribution >= 4 is 22.8 Å². The third kappa shape index (κ3) is 3.45. The molecule has 6 nitrogen and oxygen atoms in total. The summed E-state index contributed by atoms with van der Waals surface area (Å²) < 4.78 is 43.4. The molecule has 0 spiro atoms. The van der Waals surface area contributed by atoms with Crippen molar-refractivity contribution in [2.75, 3.05) is 23.7 Å². The Bertz CT molecular complexity index is 1280. The predicted octanol–water partition coefficient (Wildman–Crippen LogP) is 4.47. The van der Waals surface area contributed by atoms with Crippen LogP contribution in [-0.4, -0.2) is 32.8 Å². The number of nitrogens with two attached hydrogens (primary N) is 1. The fourth-order valence-corrected chi connectivity index (χ4v) is 3.92. The lowest BCUT2D eigenvalue weighted by molar-refractivity contribution is 0.568. The minimum Gasteiger partial charge on any atom is -0.383 e. The number of piperidine rings is 1. The second kappa shape index (κ2) is 7.57. The number of hydrogen-bond donors (Lipinski definition) is 1. The summed E-state index contributed by atoms with van der Waals surface area (Å²) in [5, 5.41) is 4.79. The summed E-state index contributed by atoms with van der Waals surface area (Å²) in [6, 6.07) is 9.10. The smallest absolute Gasteiger partial charge is 0.228 e. The third-order valence-electron chi connectivity index (χ3n) is 5.44. The zero-order valence-corrected chi connectivity index (χ0v) is 16.5. The number of nitrogens with zero attached hydrogens (tertiary/aromatic N) is 5. The predicted molar refractivity (Wildman–Crippen MR) is 112 cm³/mol. The van der Waals surface area contributed by atoms with Gasteiger partial charge in [0.15, 0.2) is 5.65 Å². The van der Waals surface area contributed by atoms with Crippen LogP contribution in [0.25, 0.3) is 28.0 Å². The van der Waals surface area contributed by atoms with Crippen LogP contribution >= 0.6 is 0 Å². The summed E-state index contributed by atoms with van der Waals surface area (Å²) in [6.45, 7) is 1.55. The Morgan fingerprint density at radius 3 is 2.39 bits per heavy atom. The van der Waals surface area contributed by atoms with E-state index in [1.807, 2.05) is 4.90 Å². The summed E-state index contributed by atoms with van der Waals surface area (Å²) in [7, 11) is 0. The van der Waals surface area contributed by atoms with Crippen molar-refractivity contribution in [1.82, 2.24) is 19.7 Å².